The van der Waals surface area contributed by atoms with Crippen LogP contribution in [0.15, 0.2) is 4.79 Å². The summed E-state index contributed by atoms with van der Waals surface area (Å²) < 4.78 is 1.84. The predicted molar refractivity (Wildman–Crippen MR) is 50.5 cm³/mol. The summed E-state index contributed by atoms with van der Waals surface area (Å²) in [4.78, 5) is 22.4. The van der Waals surface area contributed by atoms with Gasteiger partial charge in [0, 0.05) is 6.54 Å². The maximum absolute atomic E-state index is 11.4. The molecule has 78 valence electrons. The summed E-state index contributed by atoms with van der Waals surface area (Å²) in [5.41, 5.74) is -0.524. The Hall–Kier alpha value is -1.17. The maximum atomic E-state index is 11.4. The first-order valence-electron chi connectivity index (χ1n) is 4.32. The first-order valence-corrected chi connectivity index (χ1v) is 4.86. The molecule has 6 nitrogen and oxygen atoms in total. The second-order valence-electron chi connectivity index (χ2n) is 2.78. The molecule has 1 aromatic heterocycles. The van der Waals surface area contributed by atoms with Crippen LogP contribution in [0, 0.1) is 0 Å². The van der Waals surface area contributed by atoms with Gasteiger partial charge in [-0.05, 0) is 16.8 Å². The largest absolute Gasteiger partial charge is 0.371 e. The molecule has 0 saturated heterocycles. The lowest BCUT2D eigenvalue weighted by molar-refractivity contribution is 0.0918. The normalized spacial score (nSPS) is 10.4. The third kappa shape index (κ3) is 2.20. The molecule has 0 bridgehead atoms. The van der Waals surface area contributed by atoms with Crippen LogP contribution in [0.25, 0.3) is 0 Å². The Morgan fingerprint density at radius 1 is 1.50 bits per heavy atom. The van der Waals surface area contributed by atoms with Gasteiger partial charge >= 0.3 is 5.69 Å². The minimum Gasteiger partial charge on any atom is -0.271 e. The van der Waals surface area contributed by atoms with Crippen LogP contribution in [0.3, 0.4) is 0 Å². The van der Waals surface area contributed by atoms with Gasteiger partial charge in [-0.25, -0.2) is 4.79 Å². The summed E-state index contributed by atoms with van der Waals surface area (Å²) >= 11 is 5.29. The van der Waals surface area contributed by atoms with E-state index in [1.165, 1.54) is 0 Å². The maximum Gasteiger partial charge on any atom is 0.371 e. The third-order valence-corrected chi connectivity index (χ3v) is 1.94. The molecule has 0 aliphatic rings. The Bertz CT molecular complexity index is 370. The zero-order valence-electron chi connectivity index (χ0n) is 7.81. The van der Waals surface area contributed by atoms with E-state index in [1.54, 1.807) is 0 Å². The zero-order chi connectivity index (χ0) is 10.6. The average molecular weight is 219 g/mol. The van der Waals surface area contributed by atoms with Gasteiger partial charge in [0.25, 0.3) is 5.91 Å². The molecule has 1 heterocycles. The van der Waals surface area contributed by atoms with Crippen molar-refractivity contribution in [1.29, 1.82) is 0 Å². The molecule has 1 rings (SSSR count). The molecule has 0 spiro atoms. The smallest absolute Gasteiger partial charge is 0.271 e. The fraction of sp³-hybridized carbons (Fsp3) is 0.714. The van der Waals surface area contributed by atoms with Gasteiger partial charge in [0.1, 0.15) is 5.88 Å². The van der Waals surface area contributed by atoms with Crippen molar-refractivity contribution >= 4 is 17.5 Å². The number of hydrogen-bond acceptors (Lipinski definition) is 4. The van der Waals surface area contributed by atoms with E-state index in [2.05, 4.69) is 10.4 Å². The van der Waals surface area contributed by atoms with E-state index in [9.17, 15) is 9.59 Å². The van der Waals surface area contributed by atoms with Crippen LogP contribution in [0.4, 0.5) is 0 Å². The molecule has 0 fully saturated rings. The average Bonchev–Trinajstić information content (AvgIpc) is 2.56. The summed E-state index contributed by atoms with van der Waals surface area (Å²) in [6.45, 7) is 2.48. The van der Waals surface area contributed by atoms with Crippen molar-refractivity contribution in [3.63, 3.8) is 0 Å². The number of alkyl halides is 1. The number of hydrogen-bond donors (Lipinski definition) is 0. The van der Waals surface area contributed by atoms with Crippen molar-refractivity contribution in [2.75, 3.05) is 5.88 Å². The van der Waals surface area contributed by atoms with Gasteiger partial charge in [-0.2, -0.15) is 4.68 Å². The second kappa shape index (κ2) is 4.90. The van der Waals surface area contributed by atoms with E-state index in [-0.39, 0.29) is 5.88 Å². The highest BCUT2D eigenvalue weighted by atomic mass is 35.5. The van der Waals surface area contributed by atoms with E-state index in [0.717, 1.165) is 17.5 Å². The molecule has 0 unspecified atom stereocenters. The van der Waals surface area contributed by atoms with Gasteiger partial charge < -0.3 is 0 Å². The van der Waals surface area contributed by atoms with E-state index >= 15 is 0 Å². The highest BCUT2D eigenvalue weighted by molar-refractivity contribution is 6.27. The fourth-order valence-electron chi connectivity index (χ4n) is 0.936. The Balaban J connectivity index is 2.86. The Morgan fingerprint density at radius 3 is 2.79 bits per heavy atom. The fourth-order valence-corrected chi connectivity index (χ4v) is 1.05. The number of rotatable bonds is 4. The number of carbonyl (C=O) groups excluding carboxylic acids is 1. The van der Waals surface area contributed by atoms with Crippen LogP contribution in [0.2, 0.25) is 0 Å². The Kier molecular flexibility index (Phi) is 3.82. The Morgan fingerprint density at radius 2 is 2.21 bits per heavy atom. The molecule has 0 aliphatic carbocycles. The number of aryl methyl sites for hydroxylation is 1. The summed E-state index contributed by atoms with van der Waals surface area (Å²) in [5, 5.41) is 6.98. The standard InChI is InChI=1S/C7H11ClN4O2/c1-2-3-4-11-7(14)12(10-9-11)6(13)5-8/h2-5H2,1H3. The Labute approximate surface area is 85.4 Å². The summed E-state index contributed by atoms with van der Waals surface area (Å²) in [6.07, 6.45) is 1.77. The first kappa shape index (κ1) is 10.9. The van der Waals surface area contributed by atoms with Crippen molar-refractivity contribution in [3.8, 4) is 0 Å². The summed E-state index contributed by atoms with van der Waals surface area (Å²) in [5.74, 6) is -0.828. The quantitative estimate of drug-likeness (QED) is 0.532. The van der Waals surface area contributed by atoms with Crippen LogP contribution in [-0.4, -0.2) is 31.6 Å². The number of tetrazole rings is 1. The van der Waals surface area contributed by atoms with Crippen LogP contribution in [0.1, 0.15) is 24.6 Å². The minimum absolute atomic E-state index is 0.271. The van der Waals surface area contributed by atoms with Gasteiger partial charge in [0.05, 0.1) is 0 Å². The minimum atomic E-state index is -0.556. The van der Waals surface area contributed by atoms with E-state index < -0.39 is 11.6 Å². The van der Waals surface area contributed by atoms with Crippen molar-refractivity contribution in [1.82, 2.24) is 19.8 Å². The molecule has 14 heavy (non-hydrogen) atoms. The van der Waals surface area contributed by atoms with Gasteiger partial charge in [0.2, 0.25) is 0 Å². The summed E-state index contributed by atoms with van der Waals surface area (Å²) in [7, 11) is 0. The monoisotopic (exact) mass is 218 g/mol. The number of halogens is 1. The molecule has 0 aromatic carbocycles. The molecule has 0 N–H and O–H groups in total. The lowest BCUT2D eigenvalue weighted by Crippen LogP contribution is -2.30. The predicted octanol–water partition coefficient (Wildman–Crippen LogP) is 0.119. The van der Waals surface area contributed by atoms with E-state index in [4.69, 9.17) is 11.6 Å². The van der Waals surface area contributed by atoms with Gasteiger partial charge in [-0.1, -0.05) is 13.3 Å². The van der Waals surface area contributed by atoms with Crippen molar-refractivity contribution in [3.05, 3.63) is 10.5 Å². The van der Waals surface area contributed by atoms with E-state index in [1.807, 2.05) is 6.92 Å². The zero-order valence-corrected chi connectivity index (χ0v) is 8.57. The van der Waals surface area contributed by atoms with Crippen LogP contribution in [-0.2, 0) is 6.54 Å². The van der Waals surface area contributed by atoms with Crippen LogP contribution in [0.5, 0.6) is 0 Å². The molecule has 0 radical (unpaired) electrons. The second-order valence-corrected chi connectivity index (χ2v) is 3.04. The lowest BCUT2D eigenvalue weighted by Gasteiger charge is -1.94. The topological polar surface area (TPSA) is 69.8 Å². The molecule has 0 saturated carbocycles. The third-order valence-electron chi connectivity index (χ3n) is 1.71. The highest BCUT2D eigenvalue weighted by Gasteiger charge is 2.11. The number of unbranched alkanes of at least 4 members (excludes halogenated alkanes) is 1. The van der Waals surface area contributed by atoms with Gasteiger partial charge in [-0.3, -0.25) is 4.79 Å². The van der Waals surface area contributed by atoms with Crippen molar-refractivity contribution in [2.24, 2.45) is 0 Å². The molecule has 1 aromatic rings. The lowest BCUT2D eigenvalue weighted by atomic mass is 10.3. The van der Waals surface area contributed by atoms with Gasteiger partial charge in [-0.15, -0.1) is 16.3 Å². The number of nitrogens with zero attached hydrogens (tertiary/aromatic N) is 4. The molecule has 0 atom stereocenters. The first-order chi connectivity index (χ1) is 6.70. The van der Waals surface area contributed by atoms with Gasteiger partial charge in [0.15, 0.2) is 0 Å². The number of carbonyl (C=O) groups is 1. The molecule has 7 heteroatoms. The van der Waals surface area contributed by atoms with Crippen molar-refractivity contribution in [2.45, 2.75) is 26.3 Å². The molecule has 0 amide bonds. The molecule has 0 aliphatic heterocycles. The molecular weight excluding hydrogens is 208 g/mol. The SMILES string of the molecule is CCCCn1nnn(C(=O)CCl)c1=O. The van der Waals surface area contributed by atoms with Crippen LogP contribution >= 0.6 is 11.6 Å². The number of aromatic nitrogens is 4. The summed E-state index contributed by atoms with van der Waals surface area (Å²) in [6, 6.07) is 0. The highest BCUT2D eigenvalue weighted by Crippen LogP contribution is 1.88. The van der Waals surface area contributed by atoms with E-state index in [0.29, 0.717) is 11.2 Å². The van der Waals surface area contributed by atoms with Crippen LogP contribution < -0.4 is 5.69 Å². The molecular formula is C7H11ClN4O2. The van der Waals surface area contributed by atoms with Crippen molar-refractivity contribution < 1.29 is 4.79 Å².